The molecule has 1 aliphatic heterocycles. The molecule has 30 heavy (non-hydrogen) atoms. The number of anilines is 3. The summed E-state index contributed by atoms with van der Waals surface area (Å²) in [6, 6.07) is 11.5. The van der Waals surface area contributed by atoms with Crippen LogP contribution >= 0.6 is 11.8 Å². The Kier molecular flexibility index (Phi) is 6.15. The number of ether oxygens (including phenoxy) is 1. The molecule has 1 fully saturated rings. The van der Waals surface area contributed by atoms with Crippen LogP contribution < -0.4 is 21.1 Å². The summed E-state index contributed by atoms with van der Waals surface area (Å²) in [5, 5.41) is 0.424. The van der Waals surface area contributed by atoms with Crippen molar-refractivity contribution in [2.75, 3.05) is 49.6 Å². The Morgan fingerprint density at radius 3 is 2.40 bits per heavy atom. The molecule has 0 saturated carbocycles. The van der Waals surface area contributed by atoms with Crippen molar-refractivity contribution in [3.63, 3.8) is 0 Å². The van der Waals surface area contributed by atoms with Gasteiger partial charge in [-0.2, -0.15) is 4.98 Å². The number of nitrogens with two attached hydrogens (primary N) is 2. The number of nitrogens with zero attached hydrogens (tertiary/aromatic N) is 6. The van der Waals surface area contributed by atoms with Crippen LogP contribution in [0.1, 0.15) is 5.56 Å². The number of hydrogen-bond donors (Lipinski definition) is 2. The maximum absolute atomic E-state index is 6.08. The highest BCUT2D eigenvalue weighted by Gasteiger charge is 2.20. The van der Waals surface area contributed by atoms with Gasteiger partial charge in [-0.3, -0.25) is 0 Å². The highest BCUT2D eigenvalue weighted by atomic mass is 32.2. The highest BCUT2D eigenvalue weighted by Crippen LogP contribution is 2.33. The van der Waals surface area contributed by atoms with E-state index in [-0.39, 0.29) is 0 Å². The second kappa shape index (κ2) is 9.14. The summed E-state index contributed by atoms with van der Waals surface area (Å²) in [5.41, 5.74) is 12.7. The second-order valence-electron chi connectivity index (χ2n) is 7.01. The van der Waals surface area contributed by atoms with Gasteiger partial charge in [-0.15, -0.1) is 0 Å². The lowest BCUT2D eigenvalue weighted by atomic mass is 10.2. The molecule has 0 aliphatic carbocycles. The molecule has 0 atom stereocenters. The third-order valence-electron chi connectivity index (χ3n) is 4.66. The number of benzene rings is 1. The molecule has 1 saturated heterocycles. The van der Waals surface area contributed by atoms with Crippen LogP contribution in [0, 0.1) is 0 Å². The maximum atomic E-state index is 6.08. The lowest BCUT2D eigenvalue weighted by Gasteiger charge is -2.32. The molecule has 4 rings (SSSR count). The number of piperazine rings is 1. The van der Waals surface area contributed by atoms with Crippen molar-refractivity contribution >= 4 is 29.3 Å². The molecule has 9 nitrogen and oxygen atoms in total. The van der Waals surface area contributed by atoms with Crippen molar-refractivity contribution in [2.45, 2.75) is 16.7 Å². The quantitative estimate of drug-likeness (QED) is 0.568. The molecule has 1 aromatic carbocycles. The van der Waals surface area contributed by atoms with Crippen molar-refractivity contribution in [3.05, 3.63) is 48.2 Å². The third kappa shape index (κ3) is 5.08. The molecule has 156 valence electrons. The van der Waals surface area contributed by atoms with Crippen molar-refractivity contribution in [3.8, 4) is 5.88 Å². The fraction of sp³-hybridized carbons (Fsp3) is 0.300. The summed E-state index contributed by atoms with van der Waals surface area (Å²) in [4.78, 5) is 22.9. The monoisotopic (exact) mass is 424 g/mol. The Morgan fingerprint density at radius 1 is 1.00 bits per heavy atom. The molecule has 0 unspecified atom stereocenters. The molecule has 0 radical (unpaired) electrons. The minimum atomic E-state index is 0.312. The fourth-order valence-corrected chi connectivity index (χ4v) is 3.81. The van der Waals surface area contributed by atoms with Crippen LogP contribution in [0.25, 0.3) is 0 Å². The van der Waals surface area contributed by atoms with Gasteiger partial charge in [0.1, 0.15) is 18.2 Å². The van der Waals surface area contributed by atoms with E-state index in [0.29, 0.717) is 40.1 Å². The lowest BCUT2D eigenvalue weighted by Crippen LogP contribution is -2.45. The van der Waals surface area contributed by atoms with E-state index in [0.717, 1.165) is 31.7 Å². The number of rotatable bonds is 6. The SMILES string of the molecule is CN1CCN(c2ncc(Sc3nc(N)cc(N)n3)c(OCc3ccccc3)n2)CC1. The van der Waals surface area contributed by atoms with Crippen LogP contribution in [0.4, 0.5) is 17.6 Å². The van der Waals surface area contributed by atoms with Crippen LogP contribution in [-0.2, 0) is 6.61 Å². The topological polar surface area (TPSA) is 119 Å². The van der Waals surface area contributed by atoms with Crippen LogP contribution in [0.5, 0.6) is 5.88 Å². The summed E-state index contributed by atoms with van der Waals surface area (Å²) in [5.74, 6) is 1.76. The van der Waals surface area contributed by atoms with Crippen LogP contribution in [0.2, 0.25) is 0 Å². The van der Waals surface area contributed by atoms with E-state index in [1.165, 1.54) is 17.8 Å². The van der Waals surface area contributed by atoms with E-state index in [1.54, 1.807) is 6.20 Å². The molecular weight excluding hydrogens is 400 g/mol. The molecule has 0 amide bonds. The molecular formula is C20H24N8OS. The first-order valence-corrected chi connectivity index (χ1v) is 10.4. The normalized spacial score (nSPS) is 14.6. The molecule has 0 bridgehead atoms. The minimum absolute atomic E-state index is 0.312. The first kappa shape index (κ1) is 20.2. The van der Waals surface area contributed by atoms with E-state index in [4.69, 9.17) is 21.2 Å². The van der Waals surface area contributed by atoms with E-state index in [1.807, 2.05) is 30.3 Å². The van der Waals surface area contributed by atoms with Gasteiger partial charge in [-0.1, -0.05) is 30.3 Å². The molecule has 0 spiro atoms. The Morgan fingerprint density at radius 2 is 1.70 bits per heavy atom. The van der Waals surface area contributed by atoms with E-state index in [2.05, 4.69) is 31.8 Å². The zero-order valence-corrected chi connectivity index (χ0v) is 17.5. The second-order valence-corrected chi connectivity index (χ2v) is 8.02. The smallest absolute Gasteiger partial charge is 0.233 e. The van der Waals surface area contributed by atoms with Crippen LogP contribution in [0.3, 0.4) is 0 Å². The molecule has 4 N–H and O–H groups in total. The summed E-state index contributed by atoms with van der Waals surface area (Å²) >= 11 is 1.27. The Hall–Kier alpha value is -3.11. The van der Waals surface area contributed by atoms with Gasteiger partial charge < -0.3 is 26.0 Å². The Balaban J connectivity index is 1.60. The predicted octanol–water partition coefficient (Wildman–Crippen LogP) is 1.91. The summed E-state index contributed by atoms with van der Waals surface area (Å²) < 4.78 is 6.08. The maximum Gasteiger partial charge on any atom is 0.233 e. The van der Waals surface area contributed by atoms with Gasteiger partial charge in [-0.05, 0) is 24.4 Å². The number of hydrogen-bond acceptors (Lipinski definition) is 10. The van der Waals surface area contributed by atoms with Crippen molar-refractivity contribution in [2.24, 2.45) is 0 Å². The van der Waals surface area contributed by atoms with Gasteiger partial charge in [0.2, 0.25) is 11.8 Å². The van der Waals surface area contributed by atoms with Gasteiger partial charge in [0.25, 0.3) is 0 Å². The molecule has 10 heteroatoms. The first-order chi connectivity index (χ1) is 14.6. The standard InChI is InChI=1S/C20H24N8OS/c1-27-7-9-28(10-8-27)19-23-12-15(30-20-24-16(21)11-17(22)25-20)18(26-19)29-13-14-5-3-2-4-6-14/h2-6,11-12H,7-10,13H2,1H3,(H4,21,22,24,25). The van der Waals surface area contributed by atoms with E-state index < -0.39 is 0 Å². The van der Waals surface area contributed by atoms with Gasteiger partial charge in [0, 0.05) is 32.2 Å². The van der Waals surface area contributed by atoms with Gasteiger partial charge in [-0.25, -0.2) is 15.0 Å². The summed E-state index contributed by atoms with van der Waals surface area (Å²) in [6.07, 6.45) is 1.74. The largest absolute Gasteiger partial charge is 0.472 e. The zero-order chi connectivity index (χ0) is 20.9. The Bertz CT molecular complexity index is 975. The molecule has 1 aliphatic rings. The Labute approximate surface area is 179 Å². The third-order valence-corrected chi connectivity index (χ3v) is 5.53. The fourth-order valence-electron chi connectivity index (χ4n) is 3.01. The number of nitrogen functional groups attached to an aromatic ring is 2. The number of likely N-dealkylation sites (N-methyl/N-ethyl adjacent to an activating group) is 1. The predicted molar refractivity (Wildman–Crippen MR) is 117 cm³/mol. The average molecular weight is 425 g/mol. The van der Waals surface area contributed by atoms with Crippen molar-refractivity contribution in [1.82, 2.24) is 24.8 Å². The van der Waals surface area contributed by atoms with Crippen LogP contribution in [-0.4, -0.2) is 58.1 Å². The van der Waals surface area contributed by atoms with Crippen LogP contribution in [0.15, 0.2) is 52.6 Å². The minimum Gasteiger partial charge on any atom is -0.472 e. The zero-order valence-electron chi connectivity index (χ0n) is 16.7. The van der Waals surface area contributed by atoms with Crippen molar-refractivity contribution in [1.29, 1.82) is 0 Å². The first-order valence-electron chi connectivity index (χ1n) is 9.62. The summed E-state index contributed by atoms with van der Waals surface area (Å²) in [7, 11) is 2.11. The highest BCUT2D eigenvalue weighted by molar-refractivity contribution is 7.99. The number of aromatic nitrogens is 4. The van der Waals surface area contributed by atoms with E-state index >= 15 is 0 Å². The van der Waals surface area contributed by atoms with Gasteiger partial charge >= 0.3 is 0 Å². The molecule has 2 aromatic heterocycles. The summed E-state index contributed by atoms with van der Waals surface area (Å²) in [6.45, 7) is 4.08. The van der Waals surface area contributed by atoms with Gasteiger partial charge in [0.15, 0.2) is 5.16 Å². The van der Waals surface area contributed by atoms with Gasteiger partial charge in [0.05, 0.1) is 11.1 Å². The lowest BCUT2D eigenvalue weighted by molar-refractivity contribution is 0.283. The van der Waals surface area contributed by atoms with Crippen molar-refractivity contribution < 1.29 is 4.74 Å². The molecule has 3 aromatic rings. The molecule has 3 heterocycles. The average Bonchev–Trinajstić information content (AvgIpc) is 2.74. The van der Waals surface area contributed by atoms with E-state index in [9.17, 15) is 0 Å².